The number of H-pyrrole nitrogens is 1. The van der Waals surface area contributed by atoms with Gasteiger partial charge in [-0.05, 0) is 57.6 Å². The highest BCUT2D eigenvalue weighted by atomic mass is 16.1. The van der Waals surface area contributed by atoms with E-state index in [0.717, 1.165) is 42.5 Å². The van der Waals surface area contributed by atoms with Gasteiger partial charge in [-0.25, -0.2) is 0 Å². The van der Waals surface area contributed by atoms with Gasteiger partial charge in [-0.3, -0.25) is 4.79 Å². The summed E-state index contributed by atoms with van der Waals surface area (Å²) >= 11 is 0. The molecule has 0 unspecified atom stereocenters. The van der Waals surface area contributed by atoms with Crippen LogP contribution in [0.15, 0.2) is 18.2 Å². The Kier molecular flexibility index (Phi) is 5.61. The van der Waals surface area contributed by atoms with Gasteiger partial charge in [0.2, 0.25) is 0 Å². The summed E-state index contributed by atoms with van der Waals surface area (Å²) in [5.74, 6) is -0.00843. The van der Waals surface area contributed by atoms with Gasteiger partial charge in [0.25, 0.3) is 5.91 Å². The third-order valence-corrected chi connectivity index (χ3v) is 4.27. The molecule has 4 nitrogen and oxygen atoms in total. The van der Waals surface area contributed by atoms with Crippen LogP contribution in [-0.4, -0.2) is 42.0 Å². The molecule has 0 saturated carbocycles. The van der Waals surface area contributed by atoms with Crippen molar-refractivity contribution in [3.8, 4) is 0 Å². The third kappa shape index (κ3) is 3.69. The van der Waals surface area contributed by atoms with Gasteiger partial charge in [-0.1, -0.05) is 25.5 Å². The highest BCUT2D eigenvalue weighted by Crippen LogP contribution is 2.22. The number of hydrogen-bond donors (Lipinski definition) is 2. The lowest BCUT2D eigenvalue weighted by molar-refractivity contribution is 0.0947. The van der Waals surface area contributed by atoms with E-state index in [1.54, 1.807) is 0 Å². The number of fused-ring (bicyclic) bond motifs is 1. The maximum atomic E-state index is 12.3. The first-order valence-electron chi connectivity index (χ1n) is 8.16. The maximum Gasteiger partial charge on any atom is 0.268 e. The molecule has 0 aliphatic carbocycles. The van der Waals surface area contributed by atoms with Gasteiger partial charge < -0.3 is 15.2 Å². The number of benzene rings is 1. The lowest BCUT2D eigenvalue weighted by atomic mass is 10.1. The van der Waals surface area contributed by atoms with Crippen molar-refractivity contribution in [3.63, 3.8) is 0 Å². The summed E-state index contributed by atoms with van der Waals surface area (Å²) in [5.41, 5.74) is 3.94. The van der Waals surface area contributed by atoms with E-state index in [-0.39, 0.29) is 5.91 Å². The van der Waals surface area contributed by atoms with E-state index in [2.05, 4.69) is 48.1 Å². The number of amides is 1. The van der Waals surface area contributed by atoms with Crippen molar-refractivity contribution in [2.75, 3.05) is 26.2 Å². The molecular formula is C18H27N3O. The third-order valence-electron chi connectivity index (χ3n) is 4.27. The first-order chi connectivity index (χ1) is 10.6. The fourth-order valence-electron chi connectivity index (χ4n) is 2.80. The lowest BCUT2D eigenvalue weighted by Crippen LogP contribution is -2.30. The van der Waals surface area contributed by atoms with Crippen molar-refractivity contribution in [3.05, 3.63) is 35.0 Å². The smallest absolute Gasteiger partial charge is 0.268 e. The van der Waals surface area contributed by atoms with Crippen molar-refractivity contribution >= 4 is 16.8 Å². The molecule has 0 saturated heterocycles. The molecule has 1 heterocycles. The number of hydrogen-bond acceptors (Lipinski definition) is 2. The Bertz CT molecular complexity index is 641. The number of nitrogens with zero attached hydrogens (tertiary/aromatic N) is 1. The zero-order valence-corrected chi connectivity index (χ0v) is 14.1. The molecule has 1 aromatic heterocycles. The van der Waals surface area contributed by atoms with Crippen molar-refractivity contribution < 1.29 is 4.79 Å². The number of rotatable bonds is 7. The van der Waals surface area contributed by atoms with E-state index in [1.165, 1.54) is 5.56 Å². The van der Waals surface area contributed by atoms with Gasteiger partial charge in [0.1, 0.15) is 5.69 Å². The van der Waals surface area contributed by atoms with E-state index in [9.17, 15) is 4.79 Å². The van der Waals surface area contributed by atoms with Crippen LogP contribution in [0.1, 0.15) is 41.9 Å². The predicted molar refractivity (Wildman–Crippen MR) is 92.5 cm³/mol. The average Bonchev–Trinajstić information content (AvgIpc) is 2.84. The van der Waals surface area contributed by atoms with Crippen LogP contribution >= 0.6 is 0 Å². The van der Waals surface area contributed by atoms with Gasteiger partial charge in [0.05, 0.1) is 0 Å². The summed E-state index contributed by atoms with van der Waals surface area (Å²) in [6.45, 7) is 12.3. The summed E-state index contributed by atoms with van der Waals surface area (Å²) in [6, 6.07) is 6.22. The van der Waals surface area contributed by atoms with Crippen LogP contribution in [0.3, 0.4) is 0 Å². The quantitative estimate of drug-likeness (QED) is 0.771. The van der Waals surface area contributed by atoms with Gasteiger partial charge in [-0.15, -0.1) is 0 Å². The molecule has 0 radical (unpaired) electrons. The number of carbonyl (C=O) groups excluding carboxylic acids is 1. The fraction of sp³-hybridized carbons (Fsp3) is 0.500. The van der Waals surface area contributed by atoms with Gasteiger partial charge in [-0.2, -0.15) is 0 Å². The lowest BCUT2D eigenvalue weighted by Gasteiger charge is -2.17. The van der Waals surface area contributed by atoms with Crippen LogP contribution in [-0.2, 0) is 0 Å². The number of aromatic nitrogens is 1. The van der Waals surface area contributed by atoms with Crippen LogP contribution in [0.4, 0.5) is 0 Å². The summed E-state index contributed by atoms with van der Waals surface area (Å²) < 4.78 is 0. The highest BCUT2D eigenvalue weighted by Gasteiger charge is 2.14. The Hall–Kier alpha value is -1.81. The minimum absolute atomic E-state index is 0.00843. The van der Waals surface area contributed by atoms with E-state index in [4.69, 9.17) is 0 Å². The summed E-state index contributed by atoms with van der Waals surface area (Å²) in [5, 5.41) is 4.15. The first kappa shape index (κ1) is 16.6. The van der Waals surface area contributed by atoms with E-state index >= 15 is 0 Å². The standard InChI is InChI=1S/C18H27N3O/c1-5-21(6-2)11-7-10-19-18(22)17-14(4)15-12-13(3)8-9-16(15)20-17/h8-9,12,20H,5-7,10-11H2,1-4H3,(H,19,22). The second-order valence-electron chi connectivity index (χ2n) is 5.81. The second-order valence-corrected chi connectivity index (χ2v) is 5.81. The highest BCUT2D eigenvalue weighted by molar-refractivity contribution is 6.00. The molecule has 1 amide bonds. The fourth-order valence-corrected chi connectivity index (χ4v) is 2.80. The van der Waals surface area contributed by atoms with Crippen LogP contribution in [0.2, 0.25) is 0 Å². The minimum Gasteiger partial charge on any atom is -0.351 e. The summed E-state index contributed by atoms with van der Waals surface area (Å²) in [7, 11) is 0. The molecular weight excluding hydrogens is 274 g/mol. The molecule has 0 aliphatic heterocycles. The van der Waals surface area contributed by atoms with E-state index in [1.807, 2.05) is 13.0 Å². The maximum absolute atomic E-state index is 12.3. The molecule has 120 valence electrons. The number of aryl methyl sites for hydroxylation is 2. The van der Waals surface area contributed by atoms with Crippen molar-refractivity contribution in [2.24, 2.45) is 0 Å². The first-order valence-corrected chi connectivity index (χ1v) is 8.16. The predicted octanol–water partition coefficient (Wildman–Crippen LogP) is 3.25. The van der Waals surface area contributed by atoms with Crippen LogP contribution < -0.4 is 5.32 Å². The SMILES string of the molecule is CCN(CC)CCCNC(=O)c1[nH]c2ccc(C)cc2c1C. The zero-order valence-electron chi connectivity index (χ0n) is 14.1. The number of aromatic amines is 1. The van der Waals surface area contributed by atoms with Crippen LogP contribution in [0.5, 0.6) is 0 Å². The Balaban J connectivity index is 1.97. The Morgan fingerprint density at radius 2 is 1.95 bits per heavy atom. The molecule has 0 atom stereocenters. The van der Waals surface area contributed by atoms with E-state index < -0.39 is 0 Å². The second kappa shape index (κ2) is 7.45. The van der Waals surface area contributed by atoms with E-state index in [0.29, 0.717) is 12.2 Å². The Labute approximate surface area is 132 Å². The molecule has 4 heteroatoms. The summed E-state index contributed by atoms with van der Waals surface area (Å²) in [6.07, 6.45) is 0.978. The molecule has 2 aromatic rings. The van der Waals surface area contributed by atoms with Crippen LogP contribution in [0, 0.1) is 13.8 Å². The molecule has 2 rings (SSSR count). The van der Waals surface area contributed by atoms with Crippen LogP contribution in [0.25, 0.3) is 10.9 Å². The number of nitrogens with one attached hydrogen (secondary N) is 2. The minimum atomic E-state index is -0.00843. The molecule has 0 bridgehead atoms. The monoisotopic (exact) mass is 301 g/mol. The Morgan fingerprint density at radius 3 is 2.64 bits per heavy atom. The molecule has 22 heavy (non-hydrogen) atoms. The molecule has 0 spiro atoms. The molecule has 0 aliphatic rings. The van der Waals surface area contributed by atoms with Crippen molar-refractivity contribution in [1.82, 2.24) is 15.2 Å². The Morgan fingerprint density at radius 1 is 1.23 bits per heavy atom. The molecule has 1 aromatic carbocycles. The zero-order chi connectivity index (χ0) is 16.1. The van der Waals surface area contributed by atoms with Crippen molar-refractivity contribution in [2.45, 2.75) is 34.1 Å². The number of carbonyl (C=O) groups is 1. The van der Waals surface area contributed by atoms with Gasteiger partial charge in [0, 0.05) is 17.4 Å². The topological polar surface area (TPSA) is 48.1 Å². The average molecular weight is 301 g/mol. The molecule has 0 fully saturated rings. The summed E-state index contributed by atoms with van der Waals surface area (Å²) in [4.78, 5) is 18.0. The van der Waals surface area contributed by atoms with Gasteiger partial charge >= 0.3 is 0 Å². The normalized spacial score (nSPS) is 11.3. The van der Waals surface area contributed by atoms with Crippen molar-refractivity contribution in [1.29, 1.82) is 0 Å². The molecule has 2 N–H and O–H groups in total. The largest absolute Gasteiger partial charge is 0.351 e. The van der Waals surface area contributed by atoms with Gasteiger partial charge in [0.15, 0.2) is 0 Å².